The minimum atomic E-state index is -3.93. The lowest BCUT2D eigenvalue weighted by Crippen LogP contribution is -2.34. The number of halogens is 2. The fourth-order valence-corrected chi connectivity index (χ4v) is 3.52. The first-order valence-corrected chi connectivity index (χ1v) is 7.44. The number of rotatable bonds is 4. The van der Waals surface area contributed by atoms with Gasteiger partial charge in [-0.1, -0.05) is 11.6 Å². The molecular weight excluding hydrogens is 279 g/mol. The van der Waals surface area contributed by atoms with Crippen LogP contribution in [0.3, 0.4) is 0 Å². The maximum absolute atomic E-state index is 13.7. The Morgan fingerprint density at radius 3 is 2.67 bits per heavy atom. The van der Waals surface area contributed by atoms with E-state index in [1.54, 1.807) is 6.92 Å². The van der Waals surface area contributed by atoms with Crippen LogP contribution in [0.15, 0.2) is 17.0 Å². The van der Waals surface area contributed by atoms with Crippen molar-refractivity contribution in [3.63, 3.8) is 0 Å². The van der Waals surface area contributed by atoms with Crippen molar-refractivity contribution in [1.82, 2.24) is 4.72 Å². The van der Waals surface area contributed by atoms with Gasteiger partial charge in [0, 0.05) is 11.1 Å². The summed E-state index contributed by atoms with van der Waals surface area (Å²) in [6, 6.07) is 2.03. The highest BCUT2D eigenvalue weighted by Gasteiger charge is 2.32. The molecule has 18 heavy (non-hydrogen) atoms. The minimum absolute atomic E-state index is 0.0911. The Bertz CT molecular complexity index is 573. The van der Waals surface area contributed by atoms with Crippen molar-refractivity contribution in [2.75, 3.05) is 5.73 Å². The molecule has 1 atom stereocenters. The molecule has 1 aromatic carbocycles. The van der Waals surface area contributed by atoms with Crippen LogP contribution in [0.4, 0.5) is 10.1 Å². The SMILES string of the molecule is CC(NS(=O)(=O)c1cc(Cl)cc(N)c1F)C1CC1. The third-order valence-corrected chi connectivity index (χ3v) is 4.77. The van der Waals surface area contributed by atoms with Crippen LogP contribution in [-0.2, 0) is 10.0 Å². The molecule has 3 N–H and O–H groups in total. The third kappa shape index (κ3) is 2.76. The topological polar surface area (TPSA) is 72.2 Å². The number of hydrogen-bond acceptors (Lipinski definition) is 3. The van der Waals surface area contributed by atoms with Crippen molar-refractivity contribution in [1.29, 1.82) is 0 Å². The Hall–Kier alpha value is -0.850. The Morgan fingerprint density at radius 1 is 1.50 bits per heavy atom. The largest absolute Gasteiger partial charge is 0.396 e. The van der Waals surface area contributed by atoms with Crippen LogP contribution in [0.2, 0.25) is 5.02 Å². The first-order chi connectivity index (χ1) is 8.31. The molecule has 1 aromatic rings. The van der Waals surface area contributed by atoms with Gasteiger partial charge in [-0.25, -0.2) is 17.5 Å². The number of sulfonamides is 1. The summed E-state index contributed by atoms with van der Waals surface area (Å²) in [7, 11) is -3.93. The summed E-state index contributed by atoms with van der Waals surface area (Å²) in [5, 5.41) is 0.0911. The van der Waals surface area contributed by atoms with Crippen molar-refractivity contribution in [2.45, 2.75) is 30.7 Å². The second-order valence-corrected chi connectivity index (χ2v) is 6.67. The molecule has 1 aliphatic rings. The van der Waals surface area contributed by atoms with Crippen LogP contribution in [0, 0.1) is 11.7 Å². The summed E-state index contributed by atoms with van der Waals surface area (Å²) in [6.45, 7) is 1.76. The second-order valence-electron chi connectivity index (χ2n) is 4.55. The molecular formula is C11H14ClFN2O2S. The standard InChI is InChI=1S/C11H14ClFN2O2S/c1-6(7-2-3-7)15-18(16,17)10-5-8(12)4-9(14)11(10)13/h4-7,15H,2-3,14H2,1H3. The van der Waals surface area contributed by atoms with E-state index in [0.29, 0.717) is 5.92 Å². The van der Waals surface area contributed by atoms with Gasteiger partial charge >= 0.3 is 0 Å². The van der Waals surface area contributed by atoms with Crippen molar-refractivity contribution in [3.8, 4) is 0 Å². The first kappa shape index (κ1) is 13.6. The van der Waals surface area contributed by atoms with Gasteiger partial charge in [-0.2, -0.15) is 0 Å². The van der Waals surface area contributed by atoms with E-state index in [1.807, 2.05) is 0 Å². The zero-order chi connectivity index (χ0) is 13.5. The molecule has 7 heteroatoms. The molecule has 0 aromatic heterocycles. The number of hydrogen-bond donors (Lipinski definition) is 2. The highest BCUT2D eigenvalue weighted by Crippen LogP contribution is 2.33. The molecule has 0 amide bonds. The van der Waals surface area contributed by atoms with Crippen LogP contribution in [0.5, 0.6) is 0 Å². The highest BCUT2D eigenvalue weighted by molar-refractivity contribution is 7.89. The van der Waals surface area contributed by atoms with Crippen LogP contribution in [0.25, 0.3) is 0 Å². The molecule has 1 aliphatic carbocycles. The molecule has 4 nitrogen and oxygen atoms in total. The normalized spacial score (nSPS) is 17.7. The van der Waals surface area contributed by atoms with Crippen molar-refractivity contribution >= 4 is 27.3 Å². The Labute approximate surface area is 110 Å². The lowest BCUT2D eigenvalue weighted by molar-refractivity contribution is 0.527. The van der Waals surface area contributed by atoms with Crippen LogP contribution in [-0.4, -0.2) is 14.5 Å². The van der Waals surface area contributed by atoms with Crippen LogP contribution < -0.4 is 10.5 Å². The molecule has 0 bridgehead atoms. The van der Waals surface area contributed by atoms with Crippen LogP contribution in [0.1, 0.15) is 19.8 Å². The van der Waals surface area contributed by atoms with E-state index in [9.17, 15) is 12.8 Å². The van der Waals surface area contributed by atoms with E-state index in [2.05, 4.69) is 4.72 Å². The van der Waals surface area contributed by atoms with E-state index in [4.69, 9.17) is 17.3 Å². The van der Waals surface area contributed by atoms with Crippen molar-refractivity contribution in [2.24, 2.45) is 5.92 Å². The minimum Gasteiger partial charge on any atom is -0.396 e. The molecule has 0 radical (unpaired) electrons. The quantitative estimate of drug-likeness (QED) is 0.835. The lowest BCUT2D eigenvalue weighted by Gasteiger charge is -2.14. The van der Waals surface area contributed by atoms with Gasteiger partial charge in [0.05, 0.1) is 5.69 Å². The van der Waals surface area contributed by atoms with Crippen LogP contribution >= 0.6 is 11.6 Å². The van der Waals surface area contributed by atoms with E-state index in [-0.39, 0.29) is 16.8 Å². The summed E-state index contributed by atoms with van der Waals surface area (Å²) in [6.07, 6.45) is 1.98. The smallest absolute Gasteiger partial charge is 0.243 e. The van der Waals surface area contributed by atoms with Gasteiger partial charge in [-0.3, -0.25) is 0 Å². The molecule has 0 aliphatic heterocycles. The van der Waals surface area contributed by atoms with Crippen molar-refractivity contribution in [3.05, 3.63) is 23.0 Å². The molecule has 0 heterocycles. The second kappa shape index (κ2) is 4.68. The maximum atomic E-state index is 13.7. The molecule has 100 valence electrons. The predicted octanol–water partition coefficient (Wildman–Crippen LogP) is 2.14. The van der Waals surface area contributed by atoms with E-state index < -0.39 is 20.7 Å². The van der Waals surface area contributed by atoms with E-state index in [1.165, 1.54) is 6.07 Å². The average Bonchev–Trinajstić information content (AvgIpc) is 3.05. The van der Waals surface area contributed by atoms with E-state index >= 15 is 0 Å². The predicted molar refractivity (Wildman–Crippen MR) is 68.3 cm³/mol. The highest BCUT2D eigenvalue weighted by atomic mass is 35.5. The molecule has 1 unspecified atom stereocenters. The fraction of sp³-hybridized carbons (Fsp3) is 0.455. The number of nitrogens with two attached hydrogens (primary N) is 1. The molecule has 0 spiro atoms. The number of nitrogens with one attached hydrogen (secondary N) is 1. The Balaban J connectivity index is 2.34. The molecule has 1 saturated carbocycles. The summed E-state index contributed by atoms with van der Waals surface area (Å²) >= 11 is 5.70. The summed E-state index contributed by atoms with van der Waals surface area (Å²) in [5.41, 5.74) is 5.09. The van der Waals surface area contributed by atoms with Gasteiger partial charge in [-0.15, -0.1) is 0 Å². The maximum Gasteiger partial charge on any atom is 0.243 e. The zero-order valence-corrected chi connectivity index (χ0v) is 11.4. The van der Waals surface area contributed by atoms with Gasteiger partial charge < -0.3 is 5.73 Å². The van der Waals surface area contributed by atoms with Gasteiger partial charge in [0.1, 0.15) is 4.90 Å². The molecule has 1 fully saturated rings. The lowest BCUT2D eigenvalue weighted by atomic mass is 10.2. The fourth-order valence-electron chi connectivity index (χ4n) is 1.78. The summed E-state index contributed by atoms with van der Waals surface area (Å²) in [5.74, 6) is -0.630. The van der Waals surface area contributed by atoms with Gasteiger partial charge in [0.15, 0.2) is 5.82 Å². The number of anilines is 1. The Morgan fingerprint density at radius 2 is 2.11 bits per heavy atom. The molecule has 0 saturated heterocycles. The molecule has 2 rings (SSSR count). The summed E-state index contributed by atoms with van der Waals surface area (Å²) in [4.78, 5) is -0.500. The zero-order valence-electron chi connectivity index (χ0n) is 9.78. The monoisotopic (exact) mass is 292 g/mol. The average molecular weight is 293 g/mol. The summed E-state index contributed by atoms with van der Waals surface area (Å²) < 4.78 is 40.3. The van der Waals surface area contributed by atoms with Gasteiger partial charge in [-0.05, 0) is 37.8 Å². The van der Waals surface area contributed by atoms with Crippen molar-refractivity contribution < 1.29 is 12.8 Å². The third-order valence-electron chi connectivity index (χ3n) is 2.99. The van der Waals surface area contributed by atoms with Gasteiger partial charge in [0.2, 0.25) is 10.0 Å². The van der Waals surface area contributed by atoms with E-state index in [0.717, 1.165) is 18.9 Å². The Kier molecular flexibility index (Phi) is 3.53. The number of benzene rings is 1. The van der Waals surface area contributed by atoms with Gasteiger partial charge in [0.25, 0.3) is 0 Å². The number of nitrogen functional groups attached to an aromatic ring is 1. The first-order valence-electron chi connectivity index (χ1n) is 5.58.